The third-order valence-corrected chi connectivity index (χ3v) is 7.99. The Labute approximate surface area is 184 Å². The number of rotatable bonds is 4. The molecule has 160 valence electrons. The molecule has 0 saturated heterocycles. The lowest BCUT2D eigenvalue weighted by atomic mass is 9.75. The lowest BCUT2D eigenvalue weighted by Gasteiger charge is -2.39. The van der Waals surface area contributed by atoms with Crippen molar-refractivity contribution in [1.29, 1.82) is 0 Å². The van der Waals surface area contributed by atoms with Crippen LogP contribution < -0.4 is 16.8 Å². The summed E-state index contributed by atoms with van der Waals surface area (Å²) in [7, 11) is 0. The fourth-order valence-electron chi connectivity index (χ4n) is 4.54. The van der Waals surface area contributed by atoms with Crippen molar-refractivity contribution in [3.63, 3.8) is 0 Å². The molecule has 1 fully saturated rings. The molecule has 0 aliphatic heterocycles. The number of nitrogens with zero attached hydrogens (tertiary/aromatic N) is 3. The maximum absolute atomic E-state index is 12.2. The summed E-state index contributed by atoms with van der Waals surface area (Å²) in [5.74, 6) is -0.504. The van der Waals surface area contributed by atoms with Crippen molar-refractivity contribution in [2.75, 3.05) is 5.32 Å². The Morgan fingerprint density at radius 1 is 1.26 bits per heavy atom. The third-order valence-electron chi connectivity index (χ3n) is 7.18. The van der Waals surface area contributed by atoms with Crippen molar-refractivity contribution in [2.24, 2.45) is 16.9 Å². The molecule has 8 heteroatoms. The van der Waals surface area contributed by atoms with E-state index in [2.05, 4.69) is 54.4 Å². The van der Waals surface area contributed by atoms with Gasteiger partial charge in [-0.05, 0) is 43.5 Å². The molecule has 5 N–H and O–H groups in total. The van der Waals surface area contributed by atoms with E-state index in [1.807, 2.05) is 17.8 Å². The van der Waals surface area contributed by atoms with Crippen LogP contribution in [-0.4, -0.2) is 32.1 Å². The summed E-state index contributed by atoms with van der Waals surface area (Å²) in [4.78, 5) is 16.6. The molecule has 1 saturated carbocycles. The molecule has 31 heavy (non-hydrogen) atoms. The minimum absolute atomic E-state index is 0.108. The molecule has 0 radical (unpaired) electrons. The maximum Gasteiger partial charge on any atom is 0.252 e. The fraction of sp³-hybridized carbons (Fsp3) is 0.348. The minimum Gasteiger partial charge on any atom is -0.379 e. The number of amides is 1. The normalized spacial score (nSPS) is 22.9. The van der Waals surface area contributed by atoms with Gasteiger partial charge in [-0.1, -0.05) is 19.9 Å². The summed E-state index contributed by atoms with van der Waals surface area (Å²) in [6, 6.07) is 8.38. The van der Waals surface area contributed by atoms with Gasteiger partial charge >= 0.3 is 0 Å². The van der Waals surface area contributed by atoms with E-state index in [0.717, 1.165) is 39.7 Å². The van der Waals surface area contributed by atoms with E-state index in [-0.39, 0.29) is 17.0 Å². The lowest BCUT2D eigenvalue weighted by Crippen LogP contribution is -2.51. The lowest BCUT2D eigenvalue weighted by molar-refractivity contribution is 0.100. The highest BCUT2D eigenvalue weighted by atomic mass is 32.1. The SMILES string of the molecule is CC1(C)[C@H](Nc2c(C(N)=O)cnn3cc(-c4ccc5scnc5c4)cc23)CC[C@]1(C)N. The first-order valence-corrected chi connectivity index (χ1v) is 11.3. The predicted molar refractivity (Wildman–Crippen MR) is 125 cm³/mol. The maximum atomic E-state index is 12.2. The van der Waals surface area contributed by atoms with Crippen LogP contribution in [0.4, 0.5) is 5.69 Å². The van der Waals surface area contributed by atoms with E-state index in [1.165, 1.54) is 6.20 Å². The second kappa shape index (κ2) is 6.77. The van der Waals surface area contributed by atoms with Crippen LogP contribution in [-0.2, 0) is 0 Å². The van der Waals surface area contributed by atoms with E-state index in [1.54, 1.807) is 15.9 Å². The van der Waals surface area contributed by atoms with Crippen LogP contribution in [0.25, 0.3) is 26.9 Å². The molecule has 1 amide bonds. The molecule has 5 rings (SSSR count). The molecular weight excluding hydrogens is 408 g/mol. The molecule has 7 nitrogen and oxygen atoms in total. The molecular formula is C23H26N6OS. The van der Waals surface area contributed by atoms with Crippen molar-refractivity contribution in [3.05, 3.63) is 47.7 Å². The predicted octanol–water partition coefficient (Wildman–Crippen LogP) is 4.03. The number of carbonyl (C=O) groups excluding carboxylic acids is 1. The largest absolute Gasteiger partial charge is 0.379 e. The van der Waals surface area contributed by atoms with Gasteiger partial charge in [-0.15, -0.1) is 11.3 Å². The number of thiazole rings is 1. The number of primary amides is 1. The van der Waals surface area contributed by atoms with Crippen molar-refractivity contribution in [3.8, 4) is 11.1 Å². The first kappa shape index (κ1) is 20.0. The van der Waals surface area contributed by atoms with Crippen LogP contribution in [0.15, 0.2) is 42.2 Å². The molecule has 1 aliphatic carbocycles. The van der Waals surface area contributed by atoms with E-state index in [4.69, 9.17) is 11.5 Å². The van der Waals surface area contributed by atoms with Crippen LogP contribution in [0.1, 0.15) is 44.0 Å². The Kier molecular flexibility index (Phi) is 4.36. The number of hydrogen-bond acceptors (Lipinski definition) is 6. The average molecular weight is 435 g/mol. The van der Waals surface area contributed by atoms with Crippen LogP contribution >= 0.6 is 11.3 Å². The van der Waals surface area contributed by atoms with Crippen molar-refractivity contribution < 1.29 is 4.79 Å². The average Bonchev–Trinajstić information content (AvgIpc) is 3.40. The second-order valence-electron chi connectivity index (χ2n) is 9.27. The number of hydrogen-bond donors (Lipinski definition) is 3. The van der Waals surface area contributed by atoms with Gasteiger partial charge in [-0.3, -0.25) is 4.79 Å². The Morgan fingerprint density at radius 2 is 2.06 bits per heavy atom. The quantitative estimate of drug-likeness (QED) is 0.449. The number of carbonyl (C=O) groups is 1. The molecule has 2 atom stereocenters. The molecule has 4 aromatic rings. The Bertz CT molecular complexity index is 1320. The van der Waals surface area contributed by atoms with Gasteiger partial charge in [0.1, 0.15) is 0 Å². The topological polar surface area (TPSA) is 111 Å². The first-order chi connectivity index (χ1) is 14.7. The van der Waals surface area contributed by atoms with Gasteiger partial charge in [0.25, 0.3) is 5.91 Å². The molecule has 3 heterocycles. The van der Waals surface area contributed by atoms with E-state index in [0.29, 0.717) is 11.3 Å². The monoisotopic (exact) mass is 434 g/mol. The Balaban J connectivity index is 1.62. The number of benzene rings is 1. The minimum atomic E-state index is -0.504. The molecule has 3 aromatic heterocycles. The third kappa shape index (κ3) is 3.09. The first-order valence-electron chi connectivity index (χ1n) is 10.4. The summed E-state index contributed by atoms with van der Waals surface area (Å²) in [6.07, 6.45) is 5.33. The highest BCUT2D eigenvalue weighted by Crippen LogP contribution is 2.46. The molecule has 1 aromatic carbocycles. The summed E-state index contributed by atoms with van der Waals surface area (Å²) in [5.41, 5.74) is 18.6. The van der Waals surface area contributed by atoms with Gasteiger partial charge in [-0.25, -0.2) is 9.50 Å². The highest BCUT2D eigenvalue weighted by molar-refractivity contribution is 7.16. The van der Waals surface area contributed by atoms with E-state index >= 15 is 0 Å². The van der Waals surface area contributed by atoms with Crippen molar-refractivity contribution >= 4 is 38.7 Å². The van der Waals surface area contributed by atoms with Gasteiger partial charge in [0.15, 0.2) is 0 Å². The zero-order valence-corrected chi connectivity index (χ0v) is 18.7. The molecule has 0 spiro atoms. The number of anilines is 1. The van der Waals surface area contributed by atoms with Crippen LogP contribution in [0.3, 0.4) is 0 Å². The zero-order valence-electron chi connectivity index (χ0n) is 17.8. The molecule has 0 unspecified atom stereocenters. The number of fused-ring (bicyclic) bond motifs is 2. The zero-order chi connectivity index (χ0) is 22.0. The van der Waals surface area contributed by atoms with Crippen LogP contribution in [0, 0.1) is 5.41 Å². The number of aromatic nitrogens is 3. The van der Waals surface area contributed by atoms with Crippen molar-refractivity contribution in [2.45, 2.75) is 45.2 Å². The number of nitrogens with two attached hydrogens (primary N) is 2. The smallest absolute Gasteiger partial charge is 0.252 e. The summed E-state index contributed by atoms with van der Waals surface area (Å²) in [6.45, 7) is 6.44. The fourth-order valence-corrected chi connectivity index (χ4v) is 5.20. The molecule has 1 aliphatic rings. The van der Waals surface area contributed by atoms with E-state index < -0.39 is 5.91 Å². The highest BCUT2D eigenvalue weighted by Gasteiger charge is 2.49. The summed E-state index contributed by atoms with van der Waals surface area (Å²) >= 11 is 1.62. The Hall–Kier alpha value is -2.97. The number of nitrogens with one attached hydrogen (secondary N) is 1. The van der Waals surface area contributed by atoms with Crippen LogP contribution in [0.2, 0.25) is 0 Å². The molecule has 0 bridgehead atoms. The van der Waals surface area contributed by atoms with Gasteiger partial charge in [0.05, 0.1) is 38.7 Å². The standard InChI is InChI=1S/C23H26N6OS/c1-22(2)19(6-7-23(22,3)25)28-20-15(21(24)30)10-27-29-11-14(9-17(20)29)13-4-5-18-16(8-13)26-12-31-18/h4-5,8-12,19,28H,6-7,25H2,1-3H3,(H2,24,30)/t19-,23+/m1/s1. The van der Waals surface area contributed by atoms with Crippen LogP contribution in [0.5, 0.6) is 0 Å². The second-order valence-corrected chi connectivity index (χ2v) is 10.2. The van der Waals surface area contributed by atoms with Gasteiger partial charge in [-0.2, -0.15) is 5.10 Å². The van der Waals surface area contributed by atoms with Gasteiger partial charge < -0.3 is 16.8 Å². The van der Waals surface area contributed by atoms with E-state index in [9.17, 15) is 4.79 Å². The summed E-state index contributed by atoms with van der Waals surface area (Å²) in [5, 5.41) is 8.06. The summed E-state index contributed by atoms with van der Waals surface area (Å²) < 4.78 is 2.94. The van der Waals surface area contributed by atoms with Crippen molar-refractivity contribution in [1.82, 2.24) is 14.6 Å². The Morgan fingerprint density at radius 3 is 2.77 bits per heavy atom. The van der Waals surface area contributed by atoms with Gasteiger partial charge in [0, 0.05) is 28.8 Å². The van der Waals surface area contributed by atoms with Gasteiger partial charge in [0.2, 0.25) is 0 Å².